The van der Waals surface area contributed by atoms with Crippen molar-refractivity contribution in [2.75, 3.05) is 0 Å². The van der Waals surface area contributed by atoms with E-state index in [2.05, 4.69) is 59.3 Å². The number of benzene rings is 1. The second-order valence-electron chi connectivity index (χ2n) is 8.89. The molecule has 2 aliphatic rings. The molecule has 0 spiro atoms. The van der Waals surface area contributed by atoms with Gasteiger partial charge in [0.25, 0.3) is 0 Å². The molecule has 2 fully saturated rings. The molecule has 0 aliphatic heterocycles. The molecule has 3 rings (SSSR count). The van der Waals surface area contributed by atoms with E-state index in [4.69, 9.17) is 0 Å². The summed E-state index contributed by atoms with van der Waals surface area (Å²) in [5.41, 5.74) is 1.41. The first-order valence-corrected chi connectivity index (χ1v) is 11.9. The van der Waals surface area contributed by atoms with Crippen LogP contribution in [0.4, 0.5) is 0 Å². The van der Waals surface area contributed by atoms with E-state index in [1.165, 1.54) is 80.7 Å². The van der Waals surface area contributed by atoms with E-state index in [9.17, 15) is 0 Å². The van der Waals surface area contributed by atoms with E-state index in [0.717, 1.165) is 30.1 Å². The van der Waals surface area contributed by atoms with Crippen LogP contribution in [0.3, 0.4) is 0 Å². The Morgan fingerprint density at radius 3 is 1.96 bits per heavy atom. The minimum Gasteiger partial charge on any atom is -0.0879 e. The Morgan fingerprint density at radius 2 is 1.38 bits per heavy atom. The van der Waals surface area contributed by atoms with Gasteiger partial charge in [-0.3, -0.25) is 0 Å². The first-order valence-electron chi connectivity index (χ1n) is 11.1. The highest BCUT2D eigenvalue weighted by molar-refractivity contribution is 9.10. The van der Waals surface area contributed by atoms with Gasteiger partial charge in [-0.2, -0.15) is 0 Å². The predicted octanol–water partition coefficient (Wildman–Crippen LogP) is 8.35. The molecule has 0 atom stereocenters. The van der Waals surface area contributed by atoms with Crippen molar-refractivity contribution in [1.82, 2.24) is 0 Å². The highest BCUT2D eigenvalue weighted by Crippen LogP contribution is 2.42. The second-order valence-corrected chi connectivity index (χ2v) is 9.80. The molecule has 0 aromatic heterocycles. The maximum atomic E-state index is 3.50. The zero-order valence-corrected chi connectivity index (χ0v) is 18.2. The third-order valence-electron chi connectivity index (χ3n) is 7.05. The highest BCUT2D eigenvalue weighted by Gasteiger charge is 2.30. The summed E-state index contributed by atoms with van der Waals surface area (Å²) in [6.45, 7) is 2.35. The lowest BCUT2D eigenvalue weighted by Gasteiger charge is -2.37. The molecule has 2 aliphatic carbocycles. The molecule has 1 heteroatoms. The Kier molecular flexibility index (Phi) is 8.30. The largest absolute Gasteiger partial charge is 0.0879 e. The maximum Gasteiger partial charge on any atom is 0.0175 e. The van der Waals surface area contributed by atoms with E-state index in [1.54, 1.807) is 0 Å². The molecule has 144 valence electrons. The van der Waals surface area contributed by atoms with Crippen molar-refractivity contribution < 1.29 is 0 Å². The van der Waals surface area contributed by atoms with Crippen LogP contribution in [-0.4, -0.2) is 0 Å². The summed E-state index contributed by atoms with van der Waals surface area (Å²) in [6, 6.07) is 8.71. The van der Waals surface area contributed by atoms with Crippen molar-refractivity contribution in [3.8, 4) is 0 Å². The van der Waals surface area contributed by atoms with Crippen LogP contribution in [0.2, 0.25) is 0 Å². The molecule has 0 nitrogen and oxygen atoms in total. The van der Waals surface area contributed by atoms with Crippen LogP contribution in [-0.2, 0) is 6.42 Å². The normalized spacial score (nSPS) is 29.9. The standard InChI is InChI=1S/C25H37Br/c1-2-5-20-8-14-23(15-9-20)24-16-10-21(11-17-24)6-3-4-7-22-12-18-25(26)19-13-22/h3-4,12-13,18-21,23-24H,2,5-11,14-17H2,1H3. The topological polar surface area (TPSA) is 0 Å². The van der Waals surface area contributed by atoms with Gasteiger partial charge in [0.2, 0.25) is 0 Å². The fraction of sp³-hybridized carbons (Fsp3) is 0.680. The molecule has 0 N–H and O–H groups in total. The quantitative estimate of drug-likeness (QED) is 0.391. The third kappa shape index (κ3) is 6.25. The summed E-state index contributed by atoms with van der Waals surface area (Å²) in [7, 11) is 0. The summed E-state index contributed by atoms with van der Waals surface area (Å²) >= 11 is 3.50. The van der Waals surface area contributed by atoms with Gasteiger partial charge < -0.3 is 0 Å². The fourth-order valence-electron chi connectivity index (χ4n) is 5.38. The van der Waals surface area contributed by atoms with Crippen LogP contribution in [0.1, 0.15) is 83.1 Å². The minimum absolute atomic E-state index is 0.948. The van der Waals surface area contributed by atoms with Gasteiger partial charge >= 0.3 is 0 Å². The van der Waals surface area contributed by atoms with Crippen molar-refractivity contribution in [1.29, 1.82) is 0 Å². The van der Waals surface area contributed by atoms with Gasteiger partial charge in [0.15, 0.2) is 0 Å². The number of halogens is 1. The van der Waals surface area contributed by atoms with Crippen molar-refractivity contribution in [2.45, 2.75) is 84.0 Å². The van der Waals surface area contributed by atoms with Crippen LogP contribution >= 0.6 is 15.9 Å². The first-order chi connectivity index (χ1) is 12.7. The molecule has 0 saturated heterocycles. The van der Waals surface area contributed by atoms with Crippen LogP contribution in [0.25, 0.3) is 0 Å². The van der Waals surface area contributed by atoms with Crippen molar-refractivity contribution >= 4 is 15.9 Å². The maximum absolute atomic E-state index is 3.50. The highest BCUT2D eigenvalue weighted by atomic mass is 79.9. The molecule has 1 aromatic carbocycles. The van der Waals surface area contributed by atoms with Gasteiger partial charge in [0.05, 0.1) is 0 Å². The molecule has 2 saturated carbocycles. The fourth-order valence-corrected chi connectivity index (χ4v) is 5.64. The lowest BCUT2D eigenvalue weighted by molar-refractivity contribution is 0.144. The Bertz CT molecular complexity index is 528. The molecule has 0 amide bonds. The third-order valence-corrected chi connectivity index (χ3v) is 7.58. The van der Waals surface area contributed by atoms with Crippen LogP contribution < -0.4 is 0 Å². The van der Waals surface area contributed by atoms with Crippen molar-refractivity contribution in [3.05, 3.63) is 46.5 Å². The molecule has 0 heterocycles. The number of hydrogen-bond acceptors (Lipinski definition) is 0. The smallest absolute Gasteiger partial charge is 0.0175 e. The molecule has 0 bridgehead atoms. The van der Waals surface area contributed by atoms with E-state index >= 15 is 0 Å². The summed E-state index contributed by atoms with van der Waals surface area (Å²) in [4.78, 5) is 0. The summed E-state index contributed by atoms with van der Waals surface area (Å²) < 4.78 is 1.17. The van der Waals surface area contributed by atoms with Crippen LogP contribution in [0.5, 0.6) is 0 Å². The van der Waals surface area contributed by atoms with E-state index in [1.807, 2.05) is 0 Å². The van der Waals surface area contributed by atoms with E-state index in [-0.39, 0.29) is 0 Å². The Balaban J connectivity index is 1.32. The van der Waals surface area contributed by atoms with Gasteiger partial charge in [-0.1, -0.05) is 72.8 Å². The molecule has 0 radical (unpaired) electrons. The zero-order valence-electron chi connectivity index (χ0n) is 16.6. The summed E-state index contributed by atoms with van der Waals surface area (Å²) in [6.07, 6.45) is 22.1. The number of rotatable bonds is 7. The Morgan fingerprint density at radius 1 is 0.808 bits per heavy atom. The second kappa shape index (κ2) is 10.7. The van der Waals surface area contributed by atoms with E-state index in [0.29, 0.717) is 0 Å². The average molecular weight is 417 g/mol. The molecule has 0 unspecified atom stereocenters. The summed E-state index contributed by atoms with van der Waals surface area (Å²) in [5.74, 6) is 4.13. The van der Waals surface area contributed by atoms with Gasteiger partial charge in [0, 0.05) is 4.47 Å². The Hall–Kier alpha value is -0.560. The predicted molar refractivity (Wildman–Crippen MR) is 117 cm³/mol. The minimum atomic E-state index is 0.948. The molecule has 1 aromatic rings. The summed E-state index contributed by atoms with van der Waals surface area (Å²) in [5, 5.41) is 0. The van der Waals surface area contributed by atoms with Gasteiger partial charge in [0.1, 0.15) is 0 Å². The Labute approximate surface area is 170 Å². The zero-order chi connectivity index (χ0) is 18.2. The van der Waals surface area contributed by atoms with Gasteiger partial charge in [-0.15, -0.1) is 0 Å². The monoisotopic (exact) mass is 416 g/mol. The molecular formula is C25H37Br. The van der Waals surface area contributed by atoms with Crippen molar-refractivity contribution in [3.63, 3.8) is 0 Å². The van der Waals surface area contributed by atoms with Crippen LogP contribution in [0.15, 0.2) is 40.9 Å². The lowest BCUT2D eigenvalue weighted by atomic mass is 9.68. The number of allylic oxidation sites excluding steroid dienone is 2. The van der Waals surface area contributed by atoms with Gasteiger partial charge in [-0.25, -0.2) is 0 Å². The average Bonchev–Trinajstić information content (AvgIpc) is 2.68. The SMILES string of the molecule is CCCC1CCC(C2CCC(CC=CCc3ccc(Br)cc3)CC2)CC1. The molecular weight excluding hydrogens is 380 g/mol. The molecule has 26 heavy (non-hydrogen) atoms. The van der Waals surface area contributed by atoms with Crippen molar-refractivity contribution in [2.24, 2.45) is 23.7 Å². The van der Waals surface area contributed by atoms with Gasteiger partial charge in [-0.05, 0) is 92.7 Å². The number of hydrogen-bond donors (Lipinski definition) is 0. The lowest BCUT2D eigenvalue weighted by Crippen LogP contribution is -2.25. The first kappa shape index (κ1) is 20.2. The van der Waals surface area contributed by atoms with E-state index < -0.39 is 0 Å². The van der Waals surface area contributed by atoms with Crippen LogP contribution in [0, 0.1) is 23.7 Å².